The van der Waals surface area contributed by atoms with Crippen LogP contribution in [0.3, 0.4) is 0 Å². The summed E-state index contributed by atoms with van der Waals surface area (Å²) in [4.78, 5) is 0. The fraction of sp³-hybridized carbons (Fsp3) is 0.400. The first-order valence-electron chi connectivity index (χ1n) is 6.44. The Morgan fingerprint density at radius 2 is 1.95 bits per heavy atom. The van der Waals surface area contributed by atoms with E-state index < -0.39 is 0 Å². The van der Waals surface area contributed by atoms with Gasteiger partial charge in [0.05, 0.1) is 15.9 Å². The van der Waals surface area contributed by atoms with Gasteiger partial charge in [0.25, 0.3) is 0 Å². The Bertz CT molecular complexity index is 590. The fourth-order valence-electron chi connectivity index (χ4n) is 1.96. The largest absolute Gasteiger partial charge is 0.487 e. The average molecular weight is 323 g/mol. The number of hydrogen-bond acceptors (Lipinski definition) is 2. The van der Waals surface area contributed by atoms with E-state index in [0.29, 0.717) is 6.61 Å². The zero-order valence-electron chi connectivity index (χ0n) is 11.8. The minimum Gasteiger partial charge on any atom is -0.487 e. The van der Waals surface area contributed by atoms with Crippen molar-refractivity contribution in [3.63, 3.8) is 0 Å². The van der Waals surface area contributed by atoms with E-state index >= 15 is 0 Å². The molecule has 0 amide bonds. The minimum atomic E-state index is 0.526. The highest BCUT2D eigenvalue weighted by molar-refractivity contribution is 9.10. The summed E-state index contributed by atoms with van der Waals surface area (Å²) in [5.41, 5.74) is 4.61. The highest BCUT2D eigenvalue weighted by atomic mass is 79.9. The van der Waals surface area contributed by atoms with Crippen molar-refractivity contribution in [1.29, 1.82) is 0 Å². The lowest BCUT2D eigenvalue weighted by molar-refractivity contribution is 0.291. The molecule has 0 aliphatic heterocycles. The Hall–Kier alpha value is -1.29. The van der Waals surface area contributed by atoms with E-state index in [1.54, 1.807) is 0 Å². The summed E-state index contributed by atoms with van der Waals surface area (Å²) in [6, 6.07) is 6.17. The van der Waals surface area contributed by atoms with Gasteiger partial charge in [-0.05, 0) is 66.9 Å². The molecule has 1 aromatic carbocycles. The van der Waals surface area contributed by atoms with Crippen LogP contribution < -0.4 is 4.74 Å². The Morgan fingerprint density at radius 1 is 1.21 bits per heavy atom. The zero-order valence-corrected chi connectivity index (χ0v) is 13.4. The molecular weight excluding hydrogens is 304 g/mol. The van der Waals surface area contributed by atoms with Crippen LogP contribution in [0.15, 0.2) is 22.7 Å². The highest BCUT2D eigenvalue weighted by Gasteiger charge is 2.12. The van der Waals surface area contributed by atoms with Gasteiger partial charge >= 0.3 is 0 Å². The number of ether oxygens (including phenoxy) is 1. The van der Waals surface area contributed by atoms with E-state index in [1.165, 1.54) is 11.1 Å². The summed E-state index contributed by atoms with van der Waals surface area (Å²) in [7, 11) is 0. The summed E-state index contributed by atoms with van der Waals surface area (Å²) >= 11 is 3.58. The third-order valence-electron chi connectivity index (χ3n) is 3.31. The number of rotatable bonds is 4. The van der Waals surface area contributed by atoms with Crippen LogP contribution in [0.2, 0.25) is 0 Å². The maximum Gasteiger partial charge on any atom is 0.131 e. The van der Waals surface area contributed by atoms with Crippen LogP contribution >= 0.6 is 15.9 Å². The van der Waals surface area contributed by atoms with Crippen molar-refractivity contribution < 1.29 is 4.74 Å². The summed E-state index contributed by atoms with van der Waals surface area (Å²) < 4.78 is 8.89. The first-order chi connectivity index (χ1) is 9.02. The van der Waals surface area contributed by atoms with E-state index in [4.69, 9.17) is 4.74 Å². The molecule has 0 fully saturated rings. The first-order valence-corrected chi connectivity index (χ1v) is 7.24. The van der Waals surface area contributed by atoms with Crippen LogP contribution in [-0.2, 0) is 13.2 Å². The molecule has 0 spiro atoms. The molecule has 102 valence electrons. The topological polar surface area (TPSA) is 27.1 Å². The van der Waals surface area contributed by atoms with Gasteiger partial charge in [-0.25, -0.2) is 0 Å². The monoisotopic (exact) mass is 322 g/mol. The second-order valence-corrected chi connectivity index (χ2v) is 5.49. The number of aryl methyl sites for hydroxylation is 4. The van der Waals surface area contributed by atoms with Crippen LogP contribution in [0.5, 0.6) is 5.75 Å². The van der Waals surface area contributed by atoms with Crippen molar-refractivity contribution in [2.45, 2.75) is 40.8 Å². The van der Waals surface area contributed by atoms with Crippen LogP contribution in [-0.4, -0.2) is 9.78 Å². The lowest BCUT2D eigenvalue weighted by Crippen LogP contribution is -2.06. The van der Waals surface area contributed by atoms with Crippen LogP contribution in [0.4, 0.5) is 0 Å². The molecule has 0 atom stereocenters. The molecule has 4 heteroatoms. The van der Waals surface area contributed by atoms with E-state index in [9.17, 15) is 0 Å². The quantitative estimate of drug-likeness (QED) is 0.844. The molecule has 0 saturated heterocycles. The summed E-state index contributed by atoms with van der Waals surface area (Å²) in [5, 5.41) is 4.46. The molecule has 2 aromatic rings. The highest BCUT2D eigenvalue weighted by Crippen LogP contribution is 2.23. The molecule has 3 nitrogen and oxygen atoms in total. The maximum absolute atomic E-state index is 5.87. The van der Waals surface area contributed by atoms with Gasteiger partial charge < -0.3 is 4.74 Å². The molecule has 0 N–H and O–H groups in total. The second kappa shape index (κ2) is 5.78. The summed E-state index contributed by atoms with van der Waals surface area (Å²) in [5.74, 6) is 0.900. The van der Waals surface area contributed by atoms with Gasteiger partial charge in [0.2, 0.25) is 0 Å². The van der Waals surface area contributed by atoms with Crippen molar-refractivity contribution in [3.8, 4) is 5.75 Å². The fourth-order valence-corrected chi connectivity index (χ4v) is 2.36. The zero-order chi connectivity index (χ0) is 14.0. The average Bonchev–Trinajstić information content (AvgIpc) is 2.67. The smallest absolute Gasteiger partial charge is 0.131 e. The Kier molecular flexibility index (Phi) is 4.30. The van der Waals surface area contributed by atoms with Gasteiger partial charge in [0, 0.05) is 6.54 Å². The summed E-state index contributed by atoms with van der Waals surface area (Å²) in [6.45, 7) is 9.65. The van der Waals surface area contributed by atoms with Crippen molar-refractivity contribution >= 4 is 15.9 Å². The molecule has 0 aliphatic rings. The number of nitrogens with zero attached hydrogens (tertiary/aromatic N) is 2. The number of aromatic nitrogens is 2. The van der Waals surface area contributed by atoms with Crippen molar-refractivity contribution in [2.75, 3.05) is 0 Å². The second-order valence-electron chi connectivity index (χ2n) is 4.70. The van der Waals surface area contributed by atoms with E-state index in [-0.39, 0.29) is 0 Å². The van der Waals surface area contributed by atoms with Crippen LogP contribution in [0, 0.1) is 20.8 Å². The van der Waals surface area contributed by atoms with Gasteiger partial charge in [-0.2, -0.15) is 5.10 Å². The molecular formula is C15H19BrN2O. The molecule has 0 bridgehead atoms. The van der Waals surface area contributed by atoms with Crippen molar-refractivity contribution in [3.05, 3.63) is 45.2 Å². The number of halogens is 1. The Balaban J connectivity index is 2.16. The lowest BCUT2D eigenvalue weighted by atomic mass is 10.1. The van der Waals surface area contributed by atoms with Gasteiger partial charge in [0.1, 0.15) is 12.4 Å². The first kappa shape index (κ1) is 14.1. The minimum absolute atomic E-state index is 0.526. The van der Waals surface area contributed by atoms with Gasteiger partial charge in [-0.1, -0.05) is 6.07 Å². The van der Waals surface area contributed by atoms with Gasteiger partial charge in [0.15, 0.2) is 0 Å². The van der Waals surface area contributed by atoms with Crippen molar-refractivity contribution in [2.24, 2.45) is 0 Å². The molecule has 0 unspecified atom stereocenters. The molecule has 2 rings (SSSR count). The Morgan fingerprint density at radius 3 is 2.58 bits per heavy atom. The molecule has 0 aliphatic carbocycles. The third-order valence-corrected chi connectivity index (χ3v) is 4.34. The van der Waals surface area contributed by atoms with Crippen LogP contribution in [0.25, 0.3) is 0 Å². The summed E-state index contributed by atoms with van der Waals surface area (Å²) in [6.07, 6.45) is 0. The molecule has 0 saturated carbocycles. The van der Waals surface area contributed by atoms with Gasteiger partial charge in [-0.15, -0.1) is 0 Å². The molecule has 1 aromatic heterocycles. The lowest BCUT2D eigenvalue weighted by Gasteiger charge is -2.10. The van der Waals surface area contributed by atoms with E-state index in [2.05, 4.69) is 53.9 Å². The molecule has 19 heavy (non-hydrogen) atoms. The number of hydrogen-bond donors (Lipinski definition) is 0. The predicted molar refractivity (Wildman–Crippen MR) is 80.6 cm³/mol. The predicted octanol–water partition coefficient (Wildman–Crippen LogP) is 4.17. The standard InChI is InChI=1S/C15H19BrN2O/c1-5-18-14(15(16)12(4)17-18)9-19-13-7-6-10(2)11(3)8-13/h6-8H,5,9H2,1-4H3. The normalized spacial score (nSPS) is 10.8. The Labute approximate surface area is 122 Å². The SMILES string of the molecule is CCn1nc(C)c(Br)c1COc1ccc(C)c(C)c1. The van der Waals surface area contributed by atoms with Crippen LogP contribution in [0.1, 0.15) is 29.4 Å². The number of benzene rings is 1. The molecule has 1 heterocycles. The molecule has 0 radical (unpaired) electrons. The van der Waals surface area contributed by atoms with E-state index in [0.717, 1.165) is 28.2 Å². The van der Waals surface area contributed by atoms with Gasteiger partial charge in [-0.3, -0.25) is 4.68 Å². The van der Waals surface area contributed by atoms with E-state index in [1.807, 2.05) is 17.7 Å². The van der Waals surface area contributed by atoms with Crippen molar-refractivity contribution in [1.82, 2.24) is 9.78 Å². The third kappa shape index (κ3) is 3.00. The maximum atomic E-state index is 5.87.